The summed E-state index contributed by atoms with van der Waals surface area (Å²) in [4.78, 5) is 12.8. The maximum atomic E-state index is 12.8. The number of fused-ring (bicyclic) bond motifs is 1. The van der Waals surface area contributed by atoms with Crippen LogP contribution in [0.4, 0.5) is 0 Å². The minimum Gasteiger partial charge on any atom is -0.504 e. The standard InChI is InChI=1S/C21H20O10/c22-7-16-18(26)19(27)20(28)21(31-16)30-10-3-1-9(2-4-10)12-8-29-15-6-14(24)13(23)5-11(15)17(12)25/h1-6,8,16,18-24,26-28H,7H2/t16-,18-,19-,20-,21-/m0/s1. The van der Waals surface area contributed by atoms with Crippen molar-refractivity contribution in [2.45, 2.75) is 30.7 Å². The van der Waals surface area contributed by atoms with Crippen LogP contribution in [0.15, 0.2) is 51.9 Å². The summed E-state index contributed by atoms with van der Waals surface area (Å²) >= 11 is 0. The van der Waals surface area contributed by atoms with Gasteiger partial charge in [-0.1, -0.05) is 12.1 Å². The Labute approximate surface area is 174 Å². The van der Waals surface area contributed by atoms with Gasteiger partial charge in [0.15, 0.2) is 11.5 Å². The maximum absolute atomic E-state index is 12.8. The molecule has 2 aromatic carbocycles. The van der Waals surface area contributed by atoms with Crippen LogP contribution in [0.1, 0.15) is 0 Å². The molecule has 1 saturated heterocycles. The van der Waals surface area contributed by atoms with Crippen LogP contribution in [0.25, 0.3) is 22.1 Å². The Balaban J connectivity index is 1.58. The highest BCUT2D eigenvalue weighted by Gasteiger charge is 2.44. The van der Waals surface area contributed by atoms with Gasteiger partial charge < -0.3 is 44.5 Å². The normalized spacial score (nSPS) is 26.1. The van der Waals surface area contributed by atoms with Crippen molar-refractivity contribution < 1.29 is 44.5 Å². The van der Waals surface area contributed by atoms with Crippen LogP contribution in [0.5, 0.6) is 17.2 Å². The Morgan fingerprint density at radius 1 is 0.935 bits per heavy atom. The number of phenols is 2. The number of aromatic hydroxyl groups is 2. The van der Waals surface area contributed by atoms with E-state index in [-0.39, 0.29) is 22.3 Å². The molecule has 10 heteroatoms. The molecule has 164 valence electrons. The highest BCUT2D eigenvalue weighted by Crippen LogP contribution is 2.31. The highest BCUT2D eigenvalue weighted by atomic mass is 16.7. The number of hydrogen-bond donors (Lipinski definition) is 6. The van der Waals surface area contributed by atoms with Crippen LogP contribution in [0.2, 0.25) is 0 Å². The molecule has 0 spiro atoms. The molecule has 0 aliphatic carbocycles. The maximum Gasteiger partial charge on any atom is 0.229 e. The Bertz CT molecular complexity index is 1140. The molecule has 1 aliphatic rings. The lowest BCUT2D eigenvalue weighted by molar-refractivity contribution is -0.277. The number of aliphatic hydroxyl groups is 4. The molecular formula is C21H20O10. The van der Waals surface area contributed by atoms with Crippen LogP contribution in [-0.2, 0) is 4.74 Å². The van der Waals surface area contributed by atoms with E-state index in [1.807, 2.05) is 0 Å². The second kappa shape index (κ2) is 8.17. The minimum atomic E-state index is -1.56. The summed E-state index contributed by atoms with van der Waals surface area (Å²) in [6.45, 7) is -0.575. The molecule has 1 aromatic heterocycles. The smallest absolute Gasteiger partial charge is 0.229 e. The van der Waals surface area contributed by atoms with Crippen molar-refractivity contribution in [3.63, 3.8) is 0 Å². The van der Waals surface area contributed by atoms with Crippen molar-refractivity contribution in [3.8, 4) is 28.4 Å². The van der Waals surface area contributed by atoms with Crippen molar-refractivity contribution >= 4 is 11.0 Å². The Hall–Kier alpha value is -3.15. The monoisotopic (exact) mass is 432 g/mol. The summed E-state index contributed by atoms with van der Waals surface area (Å²) < 4.78 is 16.2. The predicted octanol–water partition coefficient (Wildman–Crippen LogP) is 0.0499. The summed E-state index contributed by atoms with van der Waals surface area (Å²) in [6, 6.07) is 8.36. The molecule has 6 N–H and O–H groups in total. The van der Waals surface area contributed by atoms with E-state index in [9.17, 15) is 35.4 Å². The van der Waals surface area contributed by atoms with Gasteiger partial charge in [-0.05, 0) is 23.8 Å². The fraction of sp³-hybridized carbons (Fsp3) is 0.286. The topological polar surface area (TPSA) is 170 Å². The summed E-state index contributed by atoms with van der Waals surface area (Å²) in [5.74, 6) is -0.612. The molecule has 0 bridgehead atoms. The molecule has 3 aromatic rings. The second-order valence-electron chi connectivity index (χ2n) is 7.16. The van der Waals surface area contributed by atoms with E-state index in [0.29, 0.717) is 5.56 Å². The number of hydrogen-bond acceptors (Lipinski definition) is 10. The molecule has 1 fully saturated rings. The summed E-state index contributed by atoms with van der Waals surface area (Å²) in [7, 11) is 0. The quantitative estimate of drug-likeness (QED) is 0.310. The van der Waals surface area contributed by atoms with Crippen molar-refractivity contribution in [2.75, 3.05) is 6.61 Å². The third-order valence-electron chi connectivity index (χ3n) is 5.14. The summed E-state index contributed by atoms with van der Waals surface area (Å²) in [6.07, 6.45) is -5.80. The molecule has 0 amide bonds. The minimum absolute atomic E-state index is 0.0921. The van der Waals surface area contributed by atoms with Gasteiger partial charge in [-0.25, -0.2) is 0 Å². The van der Waals surface area contributed by atoms with E-state index in [4.69, 9.17) is 13.9 Å². The van der Waals surface area contributed by atoms with Crippen LogP contribution in [0, 0.1) is 0 Å². The van der Waals surface area contributed by atoms with E-state index in [2.05, 4.69) is 0 Å². The van der Waals surface area contributed by atoms with E-state index in [0.717, 1.165) is 12.1 Å². The van der Waals surface area contributed by atoms with Gasteiger partial charge in [0.25, 0.3) is 0 Å². The van der Waals surface area contributed by atoms with Gasteiger partial charge in [-0.3, -0.25) is 4.79 Å². The zero-order chi connectivity index (χ0) is 22.3. The number of aliphatic hydroxyl groups excluding tert-OH is 4. The first-order valence-corrected chi connectivity index (χ1v) is 9.35. The van der Waals surface area contributed by atoms with Crippen LogP contribution < -0.4 is 10.2 Å². The molecule has 0 saturated carbocycles. The van der Waals surface area contributed by atoms with Gasteiger partial charge in [0, 0.05) is 6.07 Å². The Morgan fingerprint density at radius 3 is 2.29 bits per heavy atom. The molecular weight excluding hydrogens is 412 g/mol. The molecule has 10 nitrogen and oxygen atoms in total. The molecule has 5 atom stereocenters. The molecule has 31 heavy (non-hydrogen) atoms. The summed E-state index contributed by atoms with van der Waals surface area (Å²) in [5.41, 5.74) is 0.382. The summed E-state index contributed by atoms with van der Waals surface area (Å²) in [5, 5.41) is 58.3. The average molecular weight is 432 g/mol. The largest absolute Gasteiger partial charge is 0.504 e. The van der Waals surface area contributed by atoms with Crippen LogP contribution >= 0.6 is 0 Å². The first-order chi connectivity index (χ1) is 14.8. The first-order valence-electron chi connectivity index (χ1n) is 9.35. The number of phenolic OH excluding ortho intramolecular Hbond substituents is 2. The van der Waals surface area contributed by atoms with E-state index < -0.39 is 54.2 Å². The Morgan fingerprint density at radius 2 is 1.61 bits per heavy atom. The van der Waals surface area contributed by atoms with E-state index >= 15 is 0 Å². The molecule has 2 heterocycles. The van der Waals surface area contributed by atoms with Gasteiger partial charge in [0.1, 0.15) is 42.0 Å². The van der Waals surface area contributed by atoms with Crippen LogP contribution in [-0.4, -0.2) is 68.0 Å². The second-order valence-corrected chi connectivity index (χ2v) is 7.16. The fourth-order valence-corrected chi connectivity index (χ4v) is 3.36. The van der Waals surface area contributed by atoms with Gasteiger partial charge in [-0.2, -0.15) is 0 Å². The van der Waals surface area contributed by atoms with Gasteiger partial charge >= 0.3 is 0 Å². The Kier molecular flexibility index (Phi) is 5.56. The molecule has 4 rings (SSSR count). The SMILES string of the molecule is O=c1c(-c2ccc(O[C@H]3O[C@@H](CO)[C@H](O)[C@H](O)[C@@H]3O)cc2)coc2cc(O)c(O)cc12. The predicted molar refractivity (Wildman–Crippen MR) is 106 cm³/mol. The first kappa shape index (κ1) is 21.1. The third kappa shape index (κ3) is 3.82. The van der Waals surface area contributed by atoms with E-state index in [1.54, 1.807) is 12.1 Å². The molecule has 0 radical (unpaired) electrons. The number of benzene rings is 2. The van der Waals surface area contributed by atoms with Crippen molar-refractivity contribution in [1.29, 1.82) is 0 Å². The molecule has 0 unspecified atom stereocenters. The van der Waals surface area contributed by atoms with Crippen molar-refractivity contribution in [3.05, 3.63) is 52.9 Å². The van der Waals surface area contributed by atoms with E-state index in [1.165, 1.54) is 18.4 Å². The zero-order valence-corrected chi connectivity index (χ0v) is 16.0. The van der Waals surface area contributed by atoms with Crippen LogP contribution in [0.3, 0.4) is 0 Å². The average Bonchev–Trinajstić information content (AvgIpc) is 2.76. The van der Waals surface area contributed by atoms with Crippen molar-refractivity contribution in [2.24, 2.45) is 0 Å². The van der Waals surface area contributed by atoms with Gasteiger partial charge in [0.05, 0.1) is 17.6 Å². The lowest BCUT2D eigenvalue weighted by Crippen LogP contribution is -2.60. The zero-order valence-electron chi connectivity index (χ0n) is 16.0. The fourth-order valence-electron chi connectivity index (χ4n) is 3.36. The van der Waals surface area contributed by atoms with Gasteiger partial charge in [-0.15, -0.1) is 0 Å². The van der Waals surface area contributed by atoms with Crippen molar-refractivity contribution in [1.82, 2.24) is 0 Å². The third-order valence-corrected chi connectivity index (χ3v) is 5.14. The number of rotatable bonds is 4. The highest BCUT2D eigenvalue weighted by molar-refractivity contribution is 5.84. The van der Waals surface area contributed by atoms with Gasteiger partial charge in [0.2, 0.25) is 11.7 Å². The number of ether oxygens (including phenoxy) is 2. The molecule has 1 aliphatic heterocycles. The lowest BCUT2D eigenvalue weighted by Gasteiger charge is -2.39. The lowest BCUT2D eigenvalue weighted by atomic mass is 9.99.